The Morgan fingerprint density at radius 1 is 1.37 bits per heavy atom. The molecule has 1 aromatic carbocycles. The summed E-state index contributed by atoms with van der Waals surface area (Å²) in [5, 5.41) is 1.17. The van der Waals surface area contributed by atoms with Crippen LogP contribution in [0.2, 0.25) is 0 Å². The van der Waals surface area contributed by atoms with Gasteiger partial charge in [-0.15, -0.1) is 0 Å². The van der Waals surface area contributed by atoms with Crippen molar-refractivity contribution >= 4 is 26.6 Å². The molecule has 3 N–H and O–H groups in total. The first-order valence-electron chi connectivity index (χ1n) is 9.69. The number of nitrogens with one attached hydrogen (secondary N) is 1. The molecule has 1 aromatic heterocycles. The van der Waals surface area contributed by atoms with E-state index in [0.717, 1.165) is 43.4 Å². The Morgan fingerprint density at radius 3 is 2.93 bits per heavy atom. The van der Waals surface area contributed by atoms with Crippen LogP contribution in [0, 0.1) is 0 Å². The number of benzene rings is 1. The van der Waals surface area contributed by atoms with Crippen LogP contribution in [0.5, 0.6) is 0 Å². The van der Waals surface area contributed by atoms with Crippen LogP contribution in [0.1, 0.15) is 37.3 Å². The molecule has 1 atom stereocenters. The van der Waals surface area contributed by atoms with Crippen molar-refractivity contribution in [2.75, 3.05) is 24.6 Å². The number of aromatic amines is 1. The van der Waals surface area contributed by atoms with Crippen molar-refractivity contribution in [1.29, 1.82) is 0 Å². The highest BCUT2D eigenvalue weighted by atomic mass is 32.2. The minimum atomic E-state index is -2.96. The van der Waals surface area contributed by atoms with Crippen LogP contribution in [-0.2, 0) is 27.5 Å². The van der Waals surface area contributed by atoms with Crippen molar-refractivity contribution in [3.63, 3.8) is 0 Å². The van der Waals surface area contributed by atoms with Crippen molar-refractivity contribution < 1.29 is 13.2 Å². The van der Waals surface area contributed by atoms with Gasteiger partial charge in [-0.1, -0.05) is 13.0 Å². The number of amides is 1. The maximum absolute atomic E-state index is 11.8. The number of hydrogen-bond acceptors (Lipinski definition) is 4. The number of aromatic nitrogens is 1. The number of sulfone groups is 1. The second-order valence-electron chi connectivity index (χ2n) is 7.43. The van der Waals surface area contributed by atoms with Crippen molar-refractivity contribution in [2.24, 2.45) is 5.73 Å². The Kier molecular flexibility index (Phi) is 6.22. The predicted molar refractivity (Wildman–Crippen MR) is 108 cm³/mol. The first-order valence-corrected chi connectivity index (χ1v) is 11.5. The highest BCUT2D eigenvalue weighted by Crippen LogP contribution is 2.26. The van der Waals surface area contributed by atoms with Crippen molar-refractivity contribution in [3.8, 4) is 0 Å². The van der Waals surface area contributed by atoms with Crippen molar-refractivity contribution in [2.45, 2.75) is 45.1 Å². The molecule has 1 amide bonds. The first kappa shape index (κ1) is 19.9. The summed E-state index contributed by atoms with van der Waals surface area (Å²) in [4.78, 5) is 16.8. The second-order valence-corrected chi connectivity index (χ2v) is 9.91. The molecule has 1 saturated heterocycles. The quantitative estimate of drug-likeness (QED) is 0.683. The molecule has 2 heterocycles. The number of H-pyrrole nitrogens is 1. The monoisotopic (exact) mass is 391 g/mol. The Bertz CT molecular complexity index is 904. The van der Waals surface area contributed by atoms with Gasteiger partial charge in [0, 0.05) is 41.9 Å². The van der Waals surface area contributed by atoms with Crippen LogP contribution in [0.4, 0.5) is 0 Å². The van der Waals surface area contributed by atoms with Gasteiger partial charge in [-0.05, 0) is 55.5 Å². The zero-order chi connectivity index (χ0) is 19.4. The molecule has 0 radical (unpaired) electrons. The van der Waals surface area contributed by atoms with Crippen LogP contribution in [0.3, 0.4) is 0 Å². The van der Waals surface area contributed by atoms with Crippen LogP contribution in [0.25, 0.3) is 10.9 Å². The Hall–Kier alpha value is -1.86. The number of hydrogen-bond donors (Lipinski definition) is 2. The molecule has 1 unspecified atom stereocenters. The number of rotatable bonds is 9. The standard InChI is InChI=1S/C20H29N3O3S/c1-2-27(25,26)11-8-15-5-6-19-18(12-15)16(14-22-19)13-17-4-3-9-23(17)10-7-20(21)24/h5-6,12,14,17,22H,2-4,7-11,13H2,1H3,(H2,21,24). The molecular formula is C20H29N3O3S. The molecule has 6 nitrogen and oxygen atoms in total. The summed E-state index contributed by atoms with van der Waals surface area (Å²) in [7, 11) is -2.96. The zero-order valence-corrected chi connectivity index (χ0v) is 16.7. The summed E-state index contributed by atoms with van der Waals surface area (Å²) in [5.74, 6) is 0.130. The lowest BCUT2D eigenvalue weighted by atomic mass is 10.0. The largest absolute Gasteiger partial charge is 0.370 e. The van der Waals surface area contributed by atoms with E-state index < -0.39 is 9.84 Å². The van der Waals surface area contributed by atoms with Crippen LogP contribution < -0.4 is 5.73 Å². The summed E-state index contributed by atoms with van der Waals surface area (Å²) in [6.45, 7) is 3.43. The van der Waals surface area contributed by atoms with Crippen LogP contribution >= 0.6 is 0 Å². The fourth-order valence-corrected chi connectivity index (χ4v) is 4.73. The molecule has 148 valence electrons. The van der Waals surface area contributed by atoms with E-state index in [2.05, 4.69) is 22.1 Å². The van der Waals surface area contributed by atoms with E-state index in [1.54, 1.807) is 6.92 Å². The van der Waals surface area contributed by atoms with E-state index in [1.165, 1.54) is 10.9 Å². The lowest BCUT2D eigenvalue weighted by Gasteiger charge is -2.23. The van der Waals surface area contributed by atoms with Gasteiger partial charge in [0.15, 0.2) is 0 Å². The fourth-order valence-electron chi connectivity index (χ4n) is 3.90. The summed E-state index contributed by atoms with van der Waals surface area (Å²) < 4.78 is 23.6. The normalized spacial score (nSPS) is 18.3. The maximum atomic E-state index is 11.8. The summed E-state index contributed by atoms with van der Waals surface area (Å²) in [5.41, 5.74) is 8.68. The van der Waals surface area contributed by atoms with Gasteiger partial charge in [0.05, 0.1) is 5.75 Å². The third-order valence-electron chi connectivity index (χ3n) is 5.57. The first-order chi connectivity index (χ1) is 12.9. The Labute approximate surface area is 161 Å². The fraction of sp³-hybridized carbons (Fsp3) is 0.550. The Morgan fingerprint density at radius 2 is 2.19 bits per heavy atom. The number of carbonyl (C=O) groups excluding carboxylic acids is 1. The second kappa shape index (κ2) is 8.44. The minimum absolute atomic E-state index is 0.188. The average molecular weight is 392 g/mol. The van der Waals surface area contributed by atoms with Gasteiger partial charge in [-0.3, -0.25) is 9.69 Å². The smallest absolute Gasteiger partial charge is 0.218 e. The number of carbonyl (C=O) groups is 1. The molecular weight excluding hydrogens is 362 g/mol. The Balaban J connectivity index is 1.73. The van der Waals surface area contributed by atoms with Crippen LogP contribution in [0.15, 0.2) is 24.4 Å². The molecule has 1 aliphatic heterocycles. The highest BCUT2D eigenvalue weighted by Gasteiger charge is 2.25. The van der Waals surface area contributed by atoms with Crippen molar-refractivity contribution in [1.82, 2.24) is 9.88 Å². The van der Waals surface area contributed by atoms with Crippen molar-refractivity contribution in [3.05, 3.63) is 35.5 Å². The molecule has 0 aliphatic carbocycles. The van der Waals surface area contributed by atoms with E-state index in [4.69, 9.17) is 5.73 Å². The number of nitrogens with zero attached hydrogens (tertiary/aromatic N) is 1. The molecule has 27 heavy (non-hydrogen) atoms. The molecule has 2 aromatic rings. The van der Waals surface area contributed by atoms with Gasteiger partial charge in [0.25, 0.3) is 0 Å². The topological polar surface area (TPSA) is 96.3 Å². The molecule has 0 spiro atoms. The average Bonchev–Trinajstić information content (AvgIpc) is 3.25. The number of nitrogens with two attached hydrogens (primary N) is 1. The van der Waals surface area contributed by atoms with Gasteiger partial charge < -0.3 is 10.7 Å². The van der Waals surface area contributed by atoms with Crippen LogP contribution in [-0.4, -0.2) is 54.8 Å². The third kappa shape index (κ3) is 5.11. The van der Waals surface area contributed by atoms with E-state index in [0.29, 0.717) is 18.9 Å². The number of primary amides is 1. The van der Waals surface area contributed by atoms with Gasteiger partial charge in [-0.25, -0.2) is 8.42 Å². The van der Waals surface area contributed by atoms with Gasteiger partial charge in [0.1, 0.15) is 9.84 Å². The molecule has 0 saturated carbocycles. The van der Waals surface area contributed by atoms with Gasteiger partial charge in [0.2, 0.25) is 5.91 Å². The zero-order valence-electron chi connectivity index (χ0n) is 15.9. The molecule has 1 fully saturated rings. The van der Waals surface area contributed by atoms with E-state index in [1.807, 2.05) is 12.1 Å². The molecule has 0 bridgehead atoms. The summed E-state index contributed by atoms with van der Waals surface area (Å²) >= 11 is 0. The SMILES string of the molecule is CCS(=O)(=O)CCc1ccc2[nH]cc(CC3CCCN3CCC(N)=O)c2c1. The summed E-state index contributed by atoms with van der Waals surface area (Å²) in [6, 6.07) is 6.58. The maximum Gasteiger partial charge on any atom is 0.218 e. The number of aryl methyl sites for hydroxylation is 1. The molecule has 7 heteroatoms. The van der Waals surface area contributed by atoms with Gasteiger partial charge in [-0.2, -0.15) is 0 Å². The third-order valence-corrected chi connectivity index (χ3v) is 7.28. The molecule has 3 rings (SSSR count). The predicted octanol–water partition coefficient (Wildman–Crippen LogP) is 2.03. The lowest BCUT2D eigenvalue weighted by Crippen LogP contribution is -2.34. The lowest BCUT2D eigenvalue weighted by molar-refractivity contribution is -0.118. The number of fused-ring (bicyclic) bond motifs is 1. The van der Waals surface area contributed by atoms with E-state index >= 15 is 0 Å². The van der Waals surface area contributed by atoms with Gasteiger partial charge >= 0.3 is 0 Å². The van der Waals surface area contributed by atoms with E-state index in [-0.39, 0.29) is 17.4 Å². The summed E-state index contributed by atoms with van der Waals surface area (Å²) in [6.07, 6.45) is 6.20. The van der Waals surface area contributed by atoms with E-state index in [9.17, 15) is 13.2 Å². The minimum Gasteiger partial charge on any atom is -0.370 e. The number of likely N-dealkylation sites (tertiary alicyclic amines) is 1. The highest BCUT2D eigenvalue weighted by molar-refractivity contribution is 7.91. The molecule has 1 aliphatic rings.